The summed E-state index contributed by atoms with van der Waals surface area (Å²) < 4.78 is 21.7. The minimum atomic E-state index is -0.944. The maximum absolute atomic E-state index is 14.5. The van der Waals surface area contributed by atoms with E-state index in [1.54, 1.807) is 4.68 Å². The number of carbonyl (C=O) groups is 1. The fourth-order valence-electron chi connectivity index (χ4n) is 6.29. The van der Waals surface area contributed by atoms with Crippen molar-refractivity contribution in [1.29, 1.82) is 0 Å². The highest BCUT2D eigenvalue weighted by Gasteiger charge is 2.53. The highest BCUT2D eigenvalue weighted by Crippen LogP contribution is 2.54. The standard InChI is InChI=1S/C28H35FN6O2/c1-17-9-20-12-30-24(32-27(36)26-18(2)25(26)21-13-31-33(4)14-21)11-19(20)10-22(17)34-5-7-35(8-6-34)28(3)16-37-15-23(28)29/h9-14,18,23,25-26H,5-8,15-16H2,1-4H3,(H,30,32,36)/t18-,23-,25-,26+,28+/m1/s1. The van der Waals surface area contributed by atoms with E-state index in [4.69, 9.17) is 4.74 Å². The first-order valence-electron chi connectivity index (χ1n) is 13.2. The lowest BCUT2D eigenvalue weighted by molar-refractivity contribution is -0.117. The van der Waals surface area contributed by atoms with Crippen LogP contribution in [-0.2, 0) is 16.6 Å². The lowest BCUT2D eigenvalue weighted by Gasteiger charge is -2.45. The van der Waals surface area contributed by atoms with Crippen molar-refractivity contribution in [3.05, 3.63) is 47.9 Å². The van der Waals surface area contributed by atoms with Crippen LogP contribution >= 0.6 is 0 Å². The van der Waals surface area contributed by atoms with Crippen molar-refractivity contribution in [3.63, 3.8) is 0 Å². The van der Waals surface area contributed by atoms with Crippen molar-refractivity contribution in [2.45, 2.75) is 38.4 Å². The maximum Gasteiger partial charge on any atom is 0.229 e. The molecule has 9 heteroatoms. The molecule has 3 aromatic rings. The fraction of sp³-hybridized carbons (Fsp3) is 0.536. The molecular weight excluding hydrogens is 471 g/mol. The van der Waals surface area contributed by atoms with Gasteiger partial charge in [-0.25, -0.2) is 9.37 Å². The Morgan fingerprint density at radius 2 is 1.95 bits per heavy atom. The maximum atomic E-state index is 14.5. The monoisotopic (exact) mass is 506 g/mol. The number of aromatic nitrogens is 3. The number of piperazine rings is 1. The second-order valence-electron chi connectivity index (χ2n) is 11.2. The van der Waals surface area contributed by atoms with Crippen LogP contribution in [0.2, 0.25) is 0 Å². The quantitative estimate of drug-likeness (QED) is 0.571. The zero-order chi connectivity index (χ0) is 25.9. The summed E-state index contributed by atoms with van der Waals surface area (Å²) in [7, 11) is 1.89. The third kappa shape index (κ3) is 4.28. The largest absolute Gasteiger partial charge is 0.376 e. The molecule has 0 unspecified atom stereocenters. The highest BCUT2D eigenvalue weighted by atomic mass is 19.1. The van der Waals surface area contributed by atoms with E-state index in [0.717, 1.165) is 42.5 Å². The molecule has 37 heavy (non-hydrogen) atoms. The van der Waals surface area contributed by atoms with E-state index in [0.29, 0.717) is 12.4 Å². The number of benzene rings is 1. The Kier molecular flexibility index (Phi) is 5.95. The number of fused-ring (bicyclic) bond motifs is 1. The van der Waals surface area contributed by atoms with Crippen molar-refractivity contribution < 1.29 is 13.9 Å². The molecule has 8 nitrogen and oxygen atoms in total. The zero-order valence-corrected chi connectivity index (χ0v) is 21.9. The van der Waals surface area contributed by atoms with E-state index in [2.05, 4.69) is 51.2 Å². The summed E-state index contributed by atoms with van der Waals surface area (Å²) in [4.78, 5) is 22.2. The number of nitrogens with one attached hydrogen (secondary N) is 1. The van der Waals surface area contributed by atoms with Crippen molar-refractivity contribution in [3.8, 4) is 0 Å². The van der Waals surface area contributed by atoms with Gasteiger partial charge < -0.3 is 15.0 Å². The number of pyridine rings is 1. The first-order chi connectivity index (χ1) is 17.7. The van der Waals surface area contributed by atoms with Crippen LogP contribution in [0.3, 0.4) is 0 Å². The third-order valence-corrected chi connectivity index (χ3v) is 8.76. The van der Waals surface area contributed by atoms with Crippen molar-refractivity contribution in [1.82, 2.24) is 19.7 Å². The summed E-state index contributed by atoms with van der Waals surface area (Å²) in [6.07, 6.45) is 4.73. The van der Waals surface area contributed by atoms with Gasteiger partial charge in [-0.15, -0.1) is 0 Å². The highest BCUT2D eigenvalue weighted by molar-refractivity contribution is 5.97. The summed E-state index contributed by atoms with van der Waals surface area (Å²) >= 11 is 0. The second kappa shape index (κ2) is 9.06. The third-order valence-electron chi connectivity index (χ3n) is 8.76. The number of hydrogen-bond acceptors (Lipinski definition) is 6. The van der Waals surface area contributed by atoms with Crippen LogP contribution in [0.15, 0.2) is 36.8 Å². The summed E-state index contributed by atoms with van der Waals surface area (Å²) in [6.45, 7) is 10.1. The van der Waals surface area contributed by atoms with Gasteiger partial charge >= 0.3 is 0 Å². The first kappa shape index (κ1) is 24.3. The van der Waals surface area contributed by atoms with Gasteiger partial charge in [0.15, 0.2) is 0 Å². The SMILES string of the molecule is Cc1cc2cnc(NC(=O)[C@H]3[C@H](C)[C@@H]3c3cnn(C)c3)cc2cc1N1CCN([C@@]2(C)COC[C@H]2F)CC1. The molecule has 1 aromatic carbocycles. The predicted molar refractivity (Wildman–Crippen MR) is 142 cm³/mol. The van der Waals surface area contributed by atoms with Crippen molar-refractivity contribution >= 4 is 28.2 Å². The molecule has 1 aliphatic carbocycles. The lowest BCUT2D eigenvalue weighted by Crippen LogP contribution is -2.59. The van der Waals surface area contributed by atoms with Crippen LogP contribution in [0.4, 0.5) is 15.9 Å². The molecule has 5 atom stereocenters. The minimum Gasteiger partial charge on any atom is -0.376 e. The molecule has 1 amide bonds. The molecule has 0 bridgehead atoms. The van der Waals surface area contributed by atoms with Gasteiger partial charge in [-0.3, -0.25) is 14.4 Å². The Morgan fingerprint density at radius 1 is 1.16 bits per heavy atom. The topological polar surface area (TPSA) is 75.5 Å². The van der Waals surface area contributed by atoms with Crippen LogP contribution in [0.1, 0.15) is 30.9 Å². The first-order valence-corrected chi connectivity index (χ1v) is 13.2. The molecule has 3 fully saturated rings. The molecule has 6 rings (SSSR count). The Morgan fingerprint density at radius 3 is 2.62 bits per heavy atom. The summed E-state index contributed by atoms with van der Waals surface area (Å²) in [5.41, 5.74) is 2.94. The number of hydrogen-bond donors (Lipinski definition) is 1. The molecule has 1 N–H and O–H groups in total. The zero-order valence-electron chi connectivity index (χ0n) is 21.9. The molecule has 196 valence electrons. The Bertz CT molecular complexity index is 1340. The second-order valence-corrected chi connectivity index (χ2v) is 11.2. The molecule has 2 saturated heterocycles. The molecule has 1 saturated carbocycles. The van der Waals surface area contributed by atoms with Gasteiger partial charge in [-0.2, -0.15) is 5.10 Å². The van der Waals surface area contributed by atoms with E-state index in [1.807, 2.05) is 38.6 Å². The summed E-state index contributed by atoms with van der Waals surface area (Å²) in [5.74, 6) is 0.996. The molecule has 2 aliphatic heterocycles. The molecule has 4 heterocycles. The smallest absolute Gasteiger partial charge is 0.229 e. The number of carbonyl (C=O) groups excluding carboxylic acids is 1. The normalized spacial score (nSPS) is 30.1. The fourth-order valence-corrected chi connectivity index (χ4v) is 6.29. The number of halogens is 1. The summed E-state index contributed by atoms with van der Waals surface area (Å²) in [6, 6.07) is 6.30. The molecular formula is C28H35FN6O2. The number of anilines is 2. The van der Waals surface area contributed by atoms with E-state index in [9.17, 15) is 9.18 Å². The van der Waals surface area contributed by atoms with Gasteiger partial charge in [0, 0.05) is 68.5 Å². The average Bonchev–Trinajstić information content (AvgIpc) is 3.15. The van der Waals surface area contributed by atoms with E-state index in [1.165, 1.54) is 11.3 Å². The summed E-state index contributed by atoms with van der Waals surface area (Å²) in [5, 5.41) is 9.39. The van der Waals surface area contributed by atoms with Crippen molar-refractivity contribution in [2.24, 2.45) is 18.9 Å². The van der Waals surface area contributed by atoms with E-state index < -0.39 is 11.7 Å². The Labute approximate surface area is 216 Å². The average molecular weight is 507 g/mol. The van der Waals surface area contributed by atoms with Gasteiger partial charge in [0.25, 0.3) is 0 Å². The van der Waals surface area contributed by atoms with E-state index in [-0.39, 0.29) is 30.3 Å². The number of aryl methyl sites for hydroxylation is 2. The van der Waals surface area contributed by atoms with Crippen LogP contribution in [0.25, 0.3) is 10.8 Å². The van der Waals surface area contributed by atoms with Crippen LogP contribution in [0, 0.1) is 18.8 Å². The Hall–Kier alpha value is -3.04. The van der Waals surface area contributed by atoms with Crippen molar-refractivity contribution in [2.75, 3.05) is 49.6 Å². The molecule has 0 spiro atoms. The van der Waals surface area contributed by atoms with Crippen LogP contribution < -0.4 is 10.2 Å². The van der Waals surface area contributed by atoms with Gasteiger partial charge in [-0.05, 0) is 54.5 Å². The molecule has 3 aliphatic rings. The van der Waals surface area contributed by atoms with Crippen LogP contribution in [-0.4, -0.2) is 76.7 Å². The van der Waals surface area contributed by atoms with Gasteiger partial charge in [0.05, 0.1) is 24.9 Å². The van der Waals surface area contributed by atoms with Gasteiger partial charge in [0.2, 0.25) is 5.91 Å². The predicted octanol–water partition coefficient (Wildman–Crippen LogP) is 3.51. The number of alkyl halides is 1. The lowest BCUT2D eigenvalue weighted by atomic mass is 9.96. The van der Waals surface area contributed by atoms with Gasteiger partial charge in [0.1, 0.15) is 12.0 Å². The van der Waals surface area contributed by atoms with Crippen LogP contribution in [0.5, 0.6) is 0 Å². The number of ether oxygens (including phenoxy) is 1. The molecule has 2 aromatic heterocycles. The van der Waals surface area contributed by atoms with Gasteiger partial charge in [-0.1, -0.05) is 6.92 Å². The number of amides is 1. The van der Waals surface area contributed by atoms with E-state index >= 15 is 0 Å². The minimum absolute atomic E-state index is 0.00668. The number of nitrogens with zero attached hydrogens (tertiary/aromatic N) is 5. The molecule has 0 radical (unpaired) electrons. The Balaban J connectivity index is 1.16. The number of rotatable bonds is 5.